The molecule has 0 aliphatic heterocycles. The van der Waals surface area contributed by atoms with Gasteiger partial charge in [-0.15, -0.1) is 5.10 Å². The minimum absolute atomic E-state index is 0.0358. The van der Waals surface area contributed by atoms with Gasteiger partial charge in [0.15, 0.2) is 0 Å². The van der Waals surface area contributed by atoms with E-state index in [1.807, 2.05) is 16.8 Å². The van der Waals surface area contributed by atoms with Crippen molar-refractivity contribution in [1.82, 2.24) is 20.3 Å². The minimum Gasteiger partial charge on any atom is -0.305 e. The molecule has 4 nitrogen and oxygen atoms in total. The molecule has 0 bridgehead atoms. The third-order valence-corrected chi connectivity index (χ3v) is 3.62. The molecule has 20 heavy (non-hydrogen) atoms. The van der Waals surface area contributed by atoms with Crippen LogP contribution in [-0.2, 0) is 6.54 Å². The summed E-state index contributed by atoms with van der Waals surface area (Å²) >= 11 is 12.3. The Labute approximate surface area is 129 Å². The maximum absolute atomic E-state index is 6.33. The second kappa shape index (κ2) is 7.07. The highest BCUT2D eigenvalue weighted by molar-refractivity contribution is 6.35. The fourth-order valence-corrected chi connectivity index (χ4v) is 2.71. The highest BCUT2D eigenvalue weighted by Crippen LogP contribution is 2.30. The molecule has 0 saturated heterocycles. The molecule has 1 unspecified atom stereocenters. The summed E-state index contributed by atoms with van der Waals surface area (Å²) in [6, 6.07) is 5.52. The van der Waals surface area contributed by atoms with Gasteiger partial charge in [-0.3, -0.25) is 0 Å². The number of nitrogens with zero attached hydrogens (tertiary/aromatic N) is 3. The van der Waals surface area contributed by atoms with E-state index in [1.54, 1.807) is 12.3 Å². The maximum atomic E-state index is 6.33. The van der Waals surface area contributed by atoms with E-state index in [2.05, 4.69) is 29.5 Å². The van der Waals surface area contributed by atoms with Crippen molar-refractivity contribution in [2.24, 2.45) is 0 Å². The van der Waals surface area contributed by atoms with Gasteiger partial charge in [0, 0.05) is 16.6 Å². The summed E-state index contributed by atoms with van der Waals surface area (Å²) < 4.78 is 1.91. The van der Waals surface area contributed by atoms with Gasteiger partial charge in [-0.2, -0.15) is 0 Å². The number of nitrogens with one attached hydrogen (secondary N) is 1. The molecule has 6 heteroatoms. The summed E-state index contributed by atoms with van der Waals surface area (Å²) in [6.45, 7) is 5.83. The average molecular weight is 313 g/mol. The SMILES string of the molecule is CCCn1nncc1C(NCC)c1ccc(Cl)cc1Cl. The van der Waals surface area contributed by atoms with E-state index in [1.165, 1.54) is 0 Å². The van der Waals surface area contributed by atoms with Crippen molar-refractivity contribution >= 4 is 23.2 Å². The van der Waals surface area contributed by atoms with Crippen molar-refractivity contribution in [3.8, 4) is 0 Å². The molecule has 1 aromatic carbocycles. The van der Waals surface area contributed by atoms with Crippen LogP contribution in [0.3, 0.4) is 0 Å². The van der Waals surface area contributed by atoms with Gasteiger partial charge in [0.05, 0.1) is 17.9 Å². The van der Waals surface area contributed by atoms with Crippen LogP contribution in [0.15, 0.2) is 24.4 Å². The van der Waals surface area contributed by atoms with Gasteiger partial charge in [-0.05, 0) is 30.7 Å². The summed E-state index contributed by atoms with van der Waals surface area (Å²) in [4.78, 5) is 0. The van der Waals surface area contributed by atoms with Gasteiger partial charge in [-0.25, -0.2) is 4.68 Å². The Morgan fingerprint density at radius 2 is 2.10 bits per heavy atom. The number of aromatic nitrogens is 3. The van der Waals surface area contributed by atoms with E-state index < -0.39 is 0 Å². The standard InChI is InChI=1S/C14H18Cl2N4/c1-3-7-20-13(9-18-19-20)14(17-4-2)11-6-5-10(15)8-12(11)16/h5-6,8-9,14,17H,3-4,7H2,1-2H3. The fraction of sp³-hybridized carbons (Fsp3) is 0.429. The van der Waals surface area contributed by atoms with Crippen LogP contribution < -0.4 is 5.32 Å². The topological polar surface area (TPSA) is 42.7 Å². The fourth-order valence-electron chi connectivity index (χ4n) is 2.19. The first-order chi connectivity index (χ1) is 9.67. The molecule has 0 aliphatic carbocycles. The maximum Gasteiger partial charge on any atom is 0.0802 e. The summed E-state index contributed by atoms with van der Waals surface area (Å²) in [5.74, 6) is 0. The van der Waals surface area contributed by atoms with Crippen LogP contribution in [0.5, 0.6) is 0 Å². The Kier molecular flexibility index (Phi) is 5.40. The minimum atomic E-state index is -0.0358. The Morgan fingerprint density at radius 3 is 2.75 bits per heavy atom. The monoisotopic (exact) mass is 312 g/mol. The molecule has 0 aliphatic rings. The van der Waals surface area contributed by atoms with Crippen molar-refractivity contribution in [2.45, 2.75) is 32.9 Å². The molecule has 0 radical (unpaired) electrons. The molecule has 1 atom stereocenters. The lowest BCUT2D eigenvalue weighted by atomic mass is 10.0. The molecule has 0 amide bonds. The average Bonchev–Trinajstić information content (AvgIpc) is 2.85. The van der Waals surface area contributed by atoms with Gasteiger partial charge in [0.2, 0.25) is 0 Å². The van der Waals surface area contributed by atoms with Gasteiger partial charge in [-0.1, -0.05) is 48.3 Å². The zero-order chi connectivity index (χ0) is 14.5. The van der Waals surface area contributed by atoms with E-state index in [-0.39, 0.29) is 6.04 Å². The number of aryl methyl sites for hydroxylation is 1. The van der Waals surface area contributed by atoms with Crippen molar-refractivity contribution < 1.29 is 0 Å². The third-order valence-electron chi connectivity index (χ3n) is 3.06. The van der Waals surface area contributed by atoms with Gasteiger partial charge < -0.3 is 5.32 Å². The summed E-state index contributed by atoms with van der Waals surface area (Å²) in [5.41, 5.74) is 2.00. The highest BCUT2D eigenvalue weighted by atomic mass is 35.5. The summed E-state index contributed by atoms with van der Waals surface area (Å²) in [5, 5.41) is 12.9. The van der Waals surface area contributed by atoms with Crippen LogP contribution in [0.1, 0.15) is 37.6 Å². The van der Waals surface area contributed by atoms with Gasteiger partial charge >= 0.3 is 0 Å². The number of hydrogen-bond acceptors (Lipinski definition) is 3. The second-order valence-corrected chi connectivity index (χ2v) is 5.38. The Morgan fingerprint density at radius 1 is 1.30 bits per heavy atom. The molecule has 2 aromatic rings. The van der Waals surface area contributed by atoms with Crippen molar-refractivity contribution in [2.75, 3.05) is 6.54 Å². The van der Waals surface area contributed by atoms with E-state index in [0.717, 1.165) is 30.8 Å². The second-order valence-electron chi connectivity index (χ2n) is 4.54. The molecule has 0 fully saturated rings. The van der Waals surface area contributed by atoms with Crippen LogP contribution in [0.25, 0.3) is 0 Å². The van der Waals surface area contributed by atoms with Crippen molar-refractivity contribution in [3.63, 3.8) is 0 Å². The largest absolute Gasteiger partial charge is 0.305 e. The number of hydrogen-bond donors (Lipinski definition) is 1. The molecule has 1 N–H and O–H groups in total. The lowest BCUT2D eigenvalue weighted by Gasteiger charge is -2.20. The smallest absolute Gasteiger partial charge is 0.0802 e. The first kappa shape index (κ1) is 15.3. The van der Waals surface area contributed by atoms with Crippen LogP contribution in [0.2, 0.25) is 10.0 Å². The van der Waals surface area contributed by atoms with Gasteiger partial charge in [0.25, 0.3) is 0 Å². The number of rotatable bonds is 6. The first-order valence-electron chi connectivity index (χ1n) is 6.74. The molecular weight excluding hydrogens is 295 g/mol. The molecule has 1 heterocycles. The van der Waals surface area contributed by atoms with Crippen molar-refractivity contribution in [1.29, 1.82) is 0 Å². The first-order valence-corrected chi connectivity index (χ1v) is 7.49. The predicted octanol–water partition coefficient (Wildman–Crippen LogP) is 3.69. The van der Waals surface area contributed by atoms with Gasteiger partial charge in [0.1, 0.15) is 0 Å². The lowest BCUT2D eigenvalue weighted by molar-refractivity contribution is 0.511. The van der Waals surface area contributed by atoms with Crippen LogP contribution in [-0.4, -0.2) is 21.5 Å². The third kappa shape index (κ3) is 3.32. The lowest BCUT2D eigenvalue weighted by Crippen LogP contribution is -2.25. The van der Waals surface area contributed by atoms with Crippen LogP contribution >= 0.6 is 23.2 Å². The summed E-state index contributed by atoms with van der Waals surface area (Å²) in [6.07, 6.45) is 2.79. The zero-order valence-electron chi connectivity index (χ0n) is 11.6. The normalized spacial score (nSPS) is 12.6. The quantitative estimate of drug-likeness (QED) is 0.884. The Bertz CT molecular complexity index is 568. The Balaban J connectivity index is 2.42. The van der Waals surface area contributed by atoms with E-state index in [0.29, 0.717) is 10.0 Å². The molecule has 2 rings (SSSR count). The molecular formula is C14H18Cl2N4. The van der Waals surface area contributed by atoms with E-state index in [9.17, 15) is 0 Å². The molecule has 0 spiro atoms. The number of benzene rings is 1. The Hall–Kier alpha value is -1.10. The summed E-state index contributed by atoms with van der Waals surface area (Å²) in [7, 11) is 0. The van der Waals surface area contributed by atoms with E-state index >= 15 is 0 Å². The predicted molar refractivity (Wildman–Crippen MR) is 82.3 cm³/mol. The van der Waals surface area contributed by atoms with Crippen LogP contribution in [0, 0.1) is 0 Å². The molecule has 108 valence electrons. The van der Waals surface area contributed by atoms with Crippen molar-refractivity contribution in [3.05, 3.63) is 45.7 Å². The van der Waals surface area contributed by atoms with Crippen LogP contribution in [0.4, 0.5) is 0 Å². The highest BCUT2D eigenvalue weighted by Gasteiger charge is 2.20. The zero-order valence-corrected chi connectivity index (χ0v) is 13.1. The van der Waals surface area contributed by atoms with E-state index in [4.69, 9.17) is 23.2 Å². The number of halogens is 2. The molecule has 0 saturated carbocycles. The molecule has 1 aromatic heterocycles.